The zero-order valence-electron chi connectivity index (χ0n) is 17.7. The van der Waals surface area contributed by atoms with Crippen LogP contribution < -0.4 is 10.6 Å². The summed E-state index contributed by atoms with van der Waals surface area (Å²) in [5.74, 6) is 2.23. The van der Waals surface area contributed by atoms with Crippen molar-refractivity contribution >= 4 is 5.91 Å². The summed E-state index contributed by atoms with van der Waals surface area (Å²) in [6, 6.07) is 8.24. The Morgan fingerprint density at radius 3 is 2.48 bits per heavy atom. The Morgan fingerprint density at radius 2 is 1.79 bits per heavy atom. The molecule has 0 aromatic heterocycles. The van der Waals surface area contributed by atoms with Gasteiger partial charge in [0.05, 0.1) is 18.7 Å². The van der Waals surface area contributed by atoms with Crippen molar-refractivity contribution < 1.29 is 15.0 Å². The van der Waals surface area contributed by atoms with Gasteiger partial charge < -0.3 is 20.8 Å². The Balaban J connectivity index is 1.47. The van der Waals surface area contributed by atoms with Crippen LogP contribution in [0.15, 0.2) is 30.3 Å². The van der Waals surface area contributed by atoms with Crippen molar-refractivity contribution in [1.82, 2.24) is 10.6 Å². The first-order valence-corrected chi connectivity index (χ1v) is 11.4. The standard InChI is InChI=1S/C24H38N2O3/c1-17-7-9-18(10-8-17)11-12-19-13-14-25-21(15-19)24(29)26-22(16-27)23(28)20-5-3-2-4-6-20/h2-6,17-19,21-23,25,27-28H,7-16H2,1H3,(H,26,29)/t17?,18?,19-,21+,22-,23-/m0/s1. The fraction of sp³-hybridized carbons (Fsp3) is 0.708. The molecule has 0 spiro atoms. The molecule has 3 rings (SSSR count). The molecule has 162 valence electrons. The summed E-state index contributed by atoms with van der Waals surface area (Å²) < 4.78 is 0. The number of aliphatic hydroxyl groups excluding tert-OH is 2. The van der Waals surface area contributed by atoms with Gasteiger partial charge in [-0.15, -0.1) is 0 Å². The molecule has 4 atom stereocenters. The number of hydrogen-bond donors (Lipinski definition) is 4. The van der Waals surface area contributed by atoms with Crippen LogP contribution in [0.5, 0.6) is 0 Å². The van der Waals surface area contributed by atoms with Gasteiger partial charge in [0.1, 0.15) is 6.10 Å². The van der Waals surface area contributed by atoms with Gasteiger partial charge in [-0.3, -0.25) is 4.79 Å². The number of amides is 1. The number of hydrogen-bond acceptors (Lipinski definition) is 4. The minimum Gasteiger partial charge on any atom is -0.394 e. The van der Waals surface area contributed by atoms with E-state index in [2.05, 4.69) is 17.6 Å². The van der Waals surface area contributed by atoms with E-state index in [0.717, 1.165) is 31.2 Å². The molecule has 2 aliphatic rings. The molecular formula is C24H38N2O3. The lowest BCUT2D eigenvalue weighted by molar-refractivity contribution is -0.126. The van der Waals surface area contributed by atoms with E-state index in [1.807, 2.05) is 18.2 Å². The SMILES string of the molecule is CC1CCC(CC[C@H]2CCN[C@@H](C(=O)N[C@@H](CO)[C@@H](O)c3ccccc3)C2)CC1. The van der Waals surface area contributed by atoms with Crippen molar-refractivity contribution in [2.45, 2.75) is 76.5 Å². The van der Waals surface area contributed by atoms with Gasteiger partial charge in [0.15, 0.2) is 0 Å². The zero-order valence-corrected chi connectivity index (χ0v) is 17.7. The quantitative estimate of drug-likeness (QED) is 0.538. The third-order valence-electron chi connectivity index (χ3n) is 6.99. The van der Waals surface area contributed by atoms with Crippen molar-refractivity contribution in [1.29, 1.82) is 0 Å². The molecule has 29 heavy (non-hydrogen) atoms. The number of aliphatic hydroxyl groups is 2. The summed E-state index contributed by atoms with van der Waals surface area (Å²) in [7, 11) is 0. The van der Waals surface area contributed by atoms with E-state index < -0.39 is 12.1 Å². The highest BCUT2D eigenvalue weighted by atomic mass is 16.3. The van der Waals surface area contributed by atoms with E-state index >= 15 is 0 Å². The molecule has 0 unspecified atom stereocenters. The average Bonchev–Trinajstić information content (AvgIpc) is 2.77. The maximum Gasteiger partial charge on any atom is 0.237 e. The minimum atomic E-state index is -0.918. The summed E-state index contributed by atoms with van der Waals surface area (Å²) in [5.41, 5.74) is 0.697. The molecule has 5 nitrogen and oxygen atoms in total. The molecule has 1 aromatic rings. The van der Waals surface area contributed by atoms with Gasteiger partial charge in [-0.05, 0) is 42.7 Å². The molecule has 5 heteroatoms. The van der Waals surface area contributed by atoms with Crippen LogP contribution in [0, 0.1) is 17.8 Å². The summed E-state index contributed by atoms with van der Waals surface area (Å²) in [5, 5.41) is 26.4. The third kappa shape index (κ3) is 6.53. The van der Waals surface area contributed by atoms with Crippen molar-refractivity contribution in [2.24, 2.45) is 17.8 Å². The van der Waals surface area contributed by atoms with Crippen molar-refractivity contribution in [3.63, 3.8) is 0 Å². The summed E-state index contributed by atoms with van der Waals surface area (Å²) in [6.45, 7) is 2.92. The lowest BCUT2D eigenvalue weighted by Gasteiger charge is -2.33. The molecule has 1 saturated heterocycles. The first-order valence-electron chi connectivity index (χ1n) is 11.4. The number of carbonyl (C=O) groups is 1. The second-order valence-electron chi connectivity index (χ2n) is 9.25. The van der Waals surface area contributed by atoms with Crippen LogP contribution in [-0.2, 0) is 4.79 Å². The molecule has 0 radical (unpaired) electrons. The lowest BCUT2D eigenvalue weighted by atomic mass is 9.78. The van der Waals surface area contributed by atoms with E-state index in [4.69, 9.17) is 0 Å². The van der Waals surface area contributed by atoms with Crippen LogP contribution in [0.4, 0.5) is 0 Å². The van der Waals surface area contributed by atoms with Crippen LogP contribution >= 0.6 is 0 Å². The smallest absolute Gasteiger partial charge is 0.237 e. The Kier molecular flexibility index (Phi) is 8.52. The minimum absolute atomic E-state index is 0.116. The van der Waals surface area contributed by atoms with Crippen LogP contribution in [-0.4, -0.2) is 41.4 Å². The maximum atomic E-state index is 12.8. The number of carbonyl (C=O) groups excluding carboxylic acids is 1. The highest BCUT2D eigenvalue weighted by Crippen LogP contribution is 2.33. The number of benzene rings is 1. The first kappa shape index (κ1) is 22.3. The van der Waals surface area contributed by atoms with Gasteiger partial charge in [0.2, 0.25) is 5.91 Å². The predicted octanol–water partition coefficient (Wildman–Crippen LogP) is 3.17. The van der Waals surface area contributed by atoms with E-state index in [9.17, 15) is 15.0 Å². The van der Waals surface area contributed by atoms with Crippen molar-refractivity contribution in [3.8, 4) is 0 Å². The Labute approximate surface area is 175 Å². The summed E-state index contributed by atoms with van der Waals surface area (Å²) in [4.78, 5) is 12.8. The maximum absolute atomic E-state index is 12.8. The van der Waals surface area contributed by atoms with Gasteiger partial charge in [-0.1, -0.05) is 75.8 Å². The third-order valence-corrected chi connectivity index (χ3v) is 6.99. The summed E-state index contributed by atoms with van der Waals surface area (Å²) in [6.07, 6.45) is 9.02. The highest BCUT2D eigenvalue weighted by Gasteiger charge is 2.30. The average molecular weight is 403 g/mol. The molecule has 1 aliphatic carbocycles. The second kappa shape index (κ2) is 11.1. The fourth-order valence-corrected chi connectivity index (χ4v) is 4.94. The number of nitrogens with one attached hydrogen (secondary N) is 2. The van der Waals surface area contributed by atoms with Crippen LogP contribution in [0.25, 0.3) is 0 Å². The molecule has 1 amide bonds. The number of rotatable bonds is 8. The predicted molar refractivity (Wildman–Crippen MR) is 115 cm³/mol. The Morgan fingerprint density at radius 1 is 1.10 bits per heavy atom. The molecular weight excluding hydrogens is 364 g/mol. The molecule has 1 saturated carbocycles. The van der Waals surface area contributed by atoms with E-state index in [1.165, 1.54) is 38.5 Å². The normalized spacial score (nSPS) is 29.8. The van der Waals surface area contributed by atoms with E-state index in [1.54, 1.807) is 12.1 Å². The van der Waals surface area contributed by atoms with Gasteiger partial charge in [-0.2, -0.15) is 0 Å². The van der Waals surface area contributed by atoms with Crippen molar-refractivity contribution in [3.05, 3.63) is 35.9 Å². The van der Waals surface area contributed by atoms with Gasteiger partial charge in [0.25, 0.3) is 0 Å². The second-order valence-corrected chi connectivity index (χ2v) is 9.25. The van der Waals surface area contributed by atoms with Crippen molar-refractivity contribution in [2.75, 3.05) is 13.2 Å². The largest absolute Gasteiger partial charge is 0.394 e. The topological polar surface area (TPSA) is 81.6 Å². The van der Waals surface area contributed by atoms with Crippen LogP contribution in [0.1, 0.15) is 70.0 Å². The van der Waals surface area contributed by atoms with Gasteiger partial charge >= 0.3 is 0 Å². The van der Waals surface area contributed by atoms with Gasteiger partial charge in [0, 0.05) is 0 Å². The van der Waals surface area contributed by atoms with Gasteiger partial charge in [-0.25, -0.2) is 0 Å². The molecule has 1 heterocycles. The fourth-order valence-electron chi connectivity index (χ4n) is 4.94. The highest BCUT2D eigenvalue weighted by molar-refractivity contribution is 5.82. The van der Waals surface area contributed by atoms with E-state index in [-0.39, 0.29) is 18.6 Å². The Bertz CT molecular complexity index is 616. The molecule has 4 N–H and O–H groups in total. The molecule has 2 fully saturated rings. The zero-order chi connectivity index (χ0) is 20.6. The first-order chi connectivity index (χ1) is 14.1. The van der Waals surface area contributed by atoms with E-state index in [0.29, 0.717) is 11.5 Å². The molecule has 0 bridgehead atoms. The Hall–Kier alpha value is -1.43. The summed E-state index contributed by atoms with van der Waals surface area (Å²) >= 11 is 0. The molecule has 1 aromatic carbocycles. The van der Waals surface area contributed by atoms with Crippen LogP contribution in [0.3, 0.4) is 0 Å². The lowest BCUT2D eigenvalue weighted by Crippen LogP contribution is -2.53. The van der Waals surface area contributed by atoms with Crippen LogP contribution in [0.2, 0.25) is 0 Å². The molecule has 1 aliphatic heterocycles. The number of piperidine rings is 1. The monoisotopic (exact) mass is 402 g/mol.